The summed E-state index contributed by atoms with van der Waals surface area (Å²) in [6, 6.07) is 0.840. The van der Waals surface area contributed by atoms with E-state index in [-0.39, 0.29) is 6.04 Å². The third-order valence-electron chi connectivity index (χ3n) is 3.62. The fourth-order valence-corrected chi connectivity index (χ4v) is 4.47. The Kier molecular flexibility index (Phi) is 5.00. The SMILES string of the molecule is CC(CC1COCCN1)NC1CCCS(=O)(=O)C1. The maximum absolute atomic E-state index is 11.6. The lowest BCUT2D eigenvalue weighted by Gasteiger charge is -2.30. The Balaban J connectivity index is 1.74. The minimum absolute atomic E-state index is 0.128. The largest absolute Gasteiger partial charge is 0.379 e. The van der Waals surface area contributed by atoms with E-state index in [0.717, 1.165) is 39.0 Å². The van der Waals surface area contributed by atoms with Gasteiger partial charge in [-0.1, -0.05) is 0 Å². The highest BCUT2D eigenvalue weighted by molar-refractivity contribution is 7.91. The zero-order valence-corrected chi connectivity index (χ0v) is 11.8. The van der Waals surface area contributed by atoms with E-state index in [1.165, 1.54) is 0 Å². The van der Waals surface area contributed by atoms with Crippen molar-refractivity contribution in [1.29, 1.82) is 0 Å². The van der Waals surface area contributed by atoms with Crippen molar-refractivity contribution in [3.63, 3.8) is 0 Å². The second kappa shape index (κ2) is 6.32. The van der Waals surface area contributed by atoms with Crippen LogP contribution in [0.2, 0.25) is 0 Å². The average Bonchev–Trinajstić information content (AvgIpc) is 2.28. The van der Waals surface area contributed by atoms with Crippen LogP contribution in [0, 0.1) is 0 Å². The minimum Gasteiger partial charge on any atom is -0.379 e. The zero-order valence-electron chi connectivity index (χ0n) is 11.0. The van der Waals surface area contributed by atoms with E-state index >= 15 is 0 Å². The van der Waals surface area contributed by atoms with Crippen LogP contribution >= 0.6 is 0 Å². The topological polar surface area (TPSA) is 67.4 Å². The van der Waals surface area contributed by atoms with Crippen LogP contribution < -0.4 is 10.6 Å². The van der Waals surface area contributed by atoms with Crippen LogP contribution in [0.5, 0.6) is 0 Å². The van der Waals surface area contributed by atoms with Gasteiger partial charge >= 0.3 is 0 Å². The van der Waals surface area contributed by atoms with Crippen molar-refractivity contribution in [1.82, 2.24) is 10.6 Å². The molecular formula is C12H24N2O3S. The zero-order chi connectivity index (χ0) is 13.0. The summed E-state index contributed by atoms with van der Waals surface area (Å²) in [7, 11) is -2.81. The molecule has 3 atom stereocenters. The third-order valence-corrected chi connectivity index (χ3v) is 5.44. The molecule has 18 heavy (non-hydrogen) atoms. The van der Waals surface area contributed by atoms with Crippen LogP contribution in [0.15, 0.2) is 0 Å². The molecule has 0 amide bonds. The van der Waals surface area contributed by atoms with Gasteiger partial charge in [0, 0.05) is 24.7 Å². The predicted molar refractivity (Wildman–Crippen MR) is 71.5 cm³/mol. The van der Waals surface area contributed by atoms with Gasteiger partial charge in [0.15, 0.2) is 9.84 Å². The van der Waals surface area contributed by atoms with Gasteiger partial charge in [0.25, 0.3) is 0 Å². The Morgan fingerprint density at radius 3 is 3.00 bits per heavy atom. The van der Waals surface area contributed by atoms with Gasteiger partial charge < -0.3 is 15.4 Å². The summed E-state index contributed by atoms with van der Waals surface area (Å²) in [6.07, 6.45) is 2.74. The normalized spacial score (nSPS) is 34.1. The summed E-state index contributed by atoms with van der Waals surface area (Å²) in [6.45, 7) is 4.58. The molecule has 0 saturated carbocycles. The van der Waals surface area contributed by atoms with Crippen molar-refractivity contribution in [2.75, 3.05) is 31.3 Å². The molecule has 2 saturated heterocycles. The molecular weight excluding hydrogens is 252 g/mol. The van der Waals surface area contributed by atoms with Crippen LogP contribution in [-0.4, -0.2) is 57.8 Å². The first-order valence-electron chi connectivity index (χ1n) is 6.83. The summed E-state index contributed by atoms with van der Waals surface area (Å²) < 4.78 is 28.5. The first-order chi connectivity index (χ1) is 8.55. The number of hydrogen-bond donors (Lipinski definition) is 2. The summed E-state index contributed by atoms with van der Waals surface area (Å²) in [5, 5.41) is 6.87. The van der Waals surface area contributed by atoms with Gasteiger partial charge in [0.2, 0.25) is 0 Å². The summed E-state index contributed by atoms with van der Waals surface area (Å²) >= 11 is 0. The summed E-state index contributed by atoms with van der Waals surface area (Å²) in [5.74, 6) is 0.656. The van der Waals surface area contributed by atoms with Crippen molar-refractivity contribution in [3.05, 3.63) is 0 Å². The van der Waals surface area contributed by atoms with Crippen molar-refractivity contribution in [2.24, 2.45) is 0 Å². The Bertz CT molecular complexity index is 352. The Hall–Kier alpha value is -0.170. The van der Waals surface area contributed by atoms with Crippen molar-refractivity contribution < 1.29 is 13.2 Å². The van der Waals surface area contributed by atoms with E-state index < -0.39 is 9.84 Å². The molecule has 3 unspecified atom stereocenters. The van der Waals surface area contributed by atoms with Crippen LogP contribution in [-0.2, 0) is 14.6 Å². The van der Waals surface area contributed by atoms with Crippen LogP contribution in [0.1, 0.15) is 26.2 Å². The van der Waals surface area contributed by atoms with Gasteiger partial charge in [-0.25, -0.2) is 8.42 Å². The van der Waals surface area contributed by atoms with Gasteiger partial charge in [-0.05, 0) is 26.2 Å². The molecule has 0 spiro atoms. The number of morpholine rings is 1. The quantitative estimate of drug-likeness (QED) is 0.752. The van der Waals surface area contributed by atoms with E-state index in [0.29, 0.717) is 23.6 Å². The second-order valence-corrected chi connectivity index (χ2v) is 7.71. The molecule has 2 aliphatic heterocycles. The number of rotatable bonds is 4. The lowest BCUT2D eigenvalue weighted by atomic mass is 10.1. The smallest absolute Gasteiger partial charge is 0.151 e. The Morgan fingerprint density at radius 1 is 1.50 bits per heavy atom. The fraction of sp³-hybridized carbons (Fsp3) is 1.00. The van der Waals surface area contributed by atoms with Crippen molar-refractivity contribution >= 4 is 9.84 Å². The highest BCUT2D eigenvalue weighted by Gasteiger charge is 2.26. The standard InChI is InChI=1S/C12H24N2O3S/c1-10(7-12-8-17-5-4-13-12)14-11-3-2-6-18(15,16)9-11/h10-14H,2-9H2,1H3. The van der Waals surface area contributed by atoms with Gasteiger partial charge in [-0.15, -0.1) is 0 Å². The van der Waals surface area contributed by atoms with Crippen molar-refractivity contribution in [3.8, 4) is 0 Å². The molecule has 2 N–H and O–H groups in total. The molecule has 2 rings (SSSR count). The first kappa shape index (κ1) is 14.2. The van der Waals surface area contributed by atoms with Gasteiger partial charge in [0.05, 0.1) is 24.7 Å². The van der Waals surface area contributed by atoms with Gasteiger partial charge in [-0.2, -0.15) is 0 Å². The maximum atomic E-state index is 11.6. The van der Waals surface area contributed by atoms with Crippen molar-refractivity contribution in [2.45, 2.75) is 44.3 Å². The molecule has 0 radical (unpaired) electrons. The predicted octanol–water partition coefficient (Wildman–Crippen LogP) is -0.0798. The molecule has 106 valence electrons. The third kappa shape index (κ3) is 4.50. The second-order valence-electron chi connectivity index (χ2n) is 5.48. The first-order valence-corrected chi connectivity index (χ1v) is 8.65. The molecule has 2 aliphatic rings. The number of hydrogen-bond acceptors (Lipinski definition) is 5. The molecule has 0 aromatic heterocycles. The highest BCUT2D eigenvalue weighted by atomic mass is 32.2. The Morgan fingerprint density at radius 2 is 2.33 bits per heavy atom. The van der Waals surface area contributed by atoms with Crippen LogP contribution in [0.25, 0.3) is 0 Å². The lowest BCUT2D eigenvalue weighted by molar-refractivity contribution is 0.0708. The molecule has 2 heterocycles. The molecule has 6 heteroatoms. The van der Waals surface area contributed by atoms with E-state index in [1.807, 2.05) is 0 Å². The monoisotopic (exact) mass is 276 g/mol. The fourth-order valence-electron chi connectivity index (χ4n) is 2.82. The number of sulfone groups is 1. The van der Waals surface area contributed by atoms with E-state index in [1.54, 1.807) is 0 Å². The van der Waals surface area contributed by atoms with E-state index in [9.17, 15) is 8.42 Å². The highest BCUT2D eigenvalue weighted by Crippen LogP contribution is 2.13. The van der Waals surface area contributed by atoms with Gasteiger partial charge in [0.1, 0.15) is 0 Å². The Labute approximate surface area is 110 Å². The number of ether oxygens (including phenoxy) is 1. The molecule has 0 aromatic rings. The average molecular weight is 276 g/mol. The number of nitrogens with one attached hydrogen (secondary N) is 2. The van der Waals surface area contributed by atoms with Crippen LogP contribution in [0.4, 0.5) is 0 Å². The molecule has 0 aromatic carbocycles. The molecule has 0 bridgehead atoms. The minimum atomic E-state index is -2.81. The van der Waals surface area contributed by atoms with E-state index in [2.05, 4.69) is 17.6 Å². The van der Waals surface area contributed by atoms with Crippen LogP contribution in [0.3, 0.4) is 0 Å². The molecule has 2 fully saturated rings. The van der Waals surface area contributed by atoms with Gasteiger partial charge in [-0.3, -0.25) is 0 Å². The summed E-state index contributed by atoms with van der Waals surface area (Å²) in [4.78, 5) is 0. The summed E-state index contributed by atoms with van der Waals surface area (Å²) in [5.41, 5.74) is 0. The maximum Gasteiger partial charge on any atom is 0.151 e. The van der Waals surface area contributed by atoms with E-state index in [4.69, 9.17) is 4.74 Å². The molecule has 0 aliphatic carbocycles. The lowest BCUT2D eigenvalue weighted by Crippen LogP contribution is -2.49. The molecule has 5 nitrogen and oxygen atoms in total.